The number of hydrogen-bond donors (Lipinski definition) is 1. The van der Waals surface area contributed by atoms with Gasteiger partial charge in [0.15, 0.2) is 0 Å². The average Bonchev–Trinajstić information content (AvgIpc) is 2.65. The molecular formula is C19H22ClFN4O. The molecule has 2 heterocycles. The molecule has 1 aromatic heterocycles. The molecule has 1 aromatic carbocycles. The van der Waals surface area contributed by atoms with Gasteiger partial charge in [0.1, 0.15) is 5.82 Å². The van der Waals surface area contributed by atoms with Crippen LogP contribution in [0.4, 0.5) is 10.3 Å². The molecule has 4 rings (SSSR count). The number of H-pyrrole nitrogens is 1. The molecule has 2 aromatic rings. The van der Waals surface area contributed by atoms with Gasteiger partial charge < -0.3 is 4.90 Å². The minimum Gasteiger partial charge on any atom is -0.340 e. The Labute approximate surface area is 156 Å². The van der Waals surface area contributed by atoms with Gasteiger partial charge in [-0.2, -0.15) is 0 Å². The van der Waals surface area contributed by atoms with Gasteiger partial charge in [-0.05, 0) is 37.8 Å². The molecule has 1 saturated heterocycles. The first-order valence-corrected chi connectivity index (χ1v) is 9.52. The molecule has 138 valence electrons. The first-order valence-electron chi connectivity index (χ1n) is 9.14. The lowest BCUT2D eigenvalue weighted by Crippen LogP contribution is -2.47. The van der Waals surface area contributed by atoms with E-state index in [0.29, 0.717) is 23.1 Å². The molecule has 0 unspecified atom stereocenters. The largest absolute Gasteiger partial charge is 0.340 e. The van der Waals surface area contributed by atoms with E-state index in [1.807, 2.05) is 0 Å². The second kappa shape index (κ2) is 7.37. The maximum absolute atomic E-state index is 14.0. The van der Waals surface area contributed by atoms with E-state index in [-0.39, 0.29) is 11.4 Å². The van der Waals surface area contributed by atoms with Crippen molar-refractivity contribution in [3.63, 3.8) is 0 Å². The molecule has 0 spiro atoms. The maximum Gasteiger partial charge on any atom is 0.255 e. The van der Waals surface area contributed by atoms with E-state index < -0.39 is 0 Å². The van der Waals surface area contributed by atoms with Gasteiger partial charge in [-0.25, -0.2) is 9.37 Å². The molecule has 0 saturated carbocycles. The van der Waals surface area contributed by atoms with Crippen LogP contribution in [0, 0.1) is 5.82 Å². The third-order valence-corrected chi connectivity index (χ3v) is 5.65. The zero-order valence-corrected chi connectivity index (χ0v) is 15.4. The van der Waals surface area contributed by atoms with Gasteiger partial charge in [0.05, 0.1) is 5.69 Å². The quantitative estimate of drug-likeness (QED) is 0.895. The van der Waals surface area contributed by atoms with Crippen molar-refractivity contribution in [1.29, 1.82) is 0 Å². The third kappa shape index (κ3) is 3.48. The zero-order chi connectivity index (χ0) is 18.1. The predicted octanol–water partition coefficient (Wildman–Crippen LogP) is 2.76. The SMILES string of the molecule is O=c1[nH]c(N2CCN(Cc3c(F)cccc3Cl)CC2)nc2c1CCCC2. The van der Waals surface area contributed by atoms with Crippen LogP contribution in [0.3, 0.4) is 0 Å². The lowest BCUT2D eigenvalue weighted by molar-refractivity contribution is 0.245. The van der Waals surface area contributed by atoms with Crippen molar-refractivity contribution < 1.29 is 4.39 Å². The molecule has 0 bridgehead atoms. The highest BCUT2D eigenvalue weighted by molar-refractivity contribution is 6.31. The summed E-state index contributed by atoms with van der Waals surface area (Å²) in [5, 5.41) is 0.466. The number of halogens is 2. The van der Waals surface area contributed by atoms with Gasteiger partial charge in [-0.1, -0.05) is 17.7 Å². The minimum atomic E-state index is -0.263. The summed E-state index contributed by atoms with van der Waals surface area (Å²) in [7, 11) is 0. The fraction of sp³-hybridized carbons (Fsp3) is 0.474. The van der Waals surface area contributed by atoms with Crippen molar-refractivity contribution in [2.45, 2.75) is 32.2 Å². The Kier molecular flexibility index (Phi) is 4.96. The van der Waals surface area contributed by atoms with Crippen LogP contribution in [0.5, 0.6) is 0 Å². The summed E-state index contributed by atoms with van der Waals surface area (Å²) in [5.74, 6) is 0.403. The van der Waals surface area contributed by atoms with Crippen LogP contribution >= 0.6 is 11.6 Å². The lowest BCUT2D eigenvalue weighted by atomic mass is 9.97. The number of aryl methyl sites for hydroxylation is 1. The lowest BCUT2D eigenvalue weighted by Gasteiger charge is -2.35. The molecule has 1 fully saturated rings. The number of hydrogen-bond acceptors (Lipinski definition) is 4. The molecular weight excluding hydrogens is 355 g/mol. The molecule has 0 atom stereocenters. The van der Waals surface area contributed by atoms with Crippen LogP contribution in [0.15, 0.2) is 23.0 Å². The number of aromatic nitrogens is 2. The molecule has 1 aliphatic heterocycles. The van der Waals surface area contributed by atoms with E-state index >= 15 is 0 Å². The van der Waals surface area contributed by atoms with Crippen molar-refractivity contribution in [1.82, 2.24) is 14.9 Å². The molecule has 0 amide bonds. The van der Waals surface area contributed by atoms with Crippen LogP contribution in [0.2, 0.25) is 5.02 Å². The van der Waals surface area contributed by atoms with E-state index in [2.05, 4.69) is 14.8 Å². The Hall–Kier alpha value is -1.92. The van der Waals surface area contributed by atoms with Gasteiger partial charge in [0.25, 0.3) is 5.56 Å². The van der Waals surface area contributed by atoms with Crippen molar-refractivity contribution >= 4 is 17.5 Å². The highest BCUT2D eigenvalue weighted by Gasteiger charge is 2.23. The number of fused-ring (bicyclic) bond motifs is 1. The second-order valence-electron chi connectivity index (χ2n) is 6.99. The summed E-state index contributed by atoms with van der Waals surface area (Å²) < 4.78 is 14.0. The second-order valence-corrected chi connectivity index (χ2v) is 7.39. The average molecular weight is 377 g/mol. The van der Waals surface area contributed by atoms with Crippen LogP contribution < -0.4 is 10.5 Å². The van der Waals surface area contributed by atoms with Crippen LogP contribution in [0.1, 0.15) is 29.7 Å². The first-order chi connectivity index (χ1) is 12.6. The molecule has 26 heavy (non-hydrogen) atoms. The van der Waals surface area contributed by atoms with Crippen molar-refractivity contribution in [3.8, 4) is 0 Å². The monoisotopic (exact) mass is 376 g/mol. The van der Waals surface area contributed by atoms with E-state index in [1.165, 1.54) is 6.07 Å². The van der Waals surface area contributed by atoms with Crippen molar-refractivity contribution in [3.05, 3.63) is 56.2 Å². The van der Waals surface area contributed by atoms with Gasteiger partial charge in [-0.15, -0.1) is 0 Å². The van der Waals surface area contributed by atoms with Crippen LogP contribution in [-0.4, -0.2) is 41.0 Å². The summed E-state index contributed by atoms with van der Waals surface area (Å²) in [6.07, 6.45) is 3.88. The van der Waals surface area contributed by atoms with Crippen LogP contribution in [-0.2, 0) is 19.4 Å². The standard InChI is InChI=1S/C19H22ClFN4O/c20-15-5-3-6-16(21)14(15)12-24-8-10-25(11-9-24)19-22-17-7-2-1-4-13(17)18(26)23-19/h3,5-6H,1-2,4,7-12H2,(H,22,23,26). The summed E-state index contributed by atoms with van der Waals surface area (Å²) in [6, 6.07) is 4.79. The number of nitrogens with one attached hydrogen (secondary N) is 1. The highest BCUT2D eigenvalue weighted by atomic mass is 35.5. The summed E-state index contributed by atoms with van der Waals surface area (Å²) in [6.45, 7) is 3.52. The predicted molar refractivity (Wildman–Crippen MR) is 100 cm³/mol. The molecule has 1 N–H and O–H groups in total. The number of nitrogens with zero attached hydrogens (tertiary/aromatic N) is 3. The Balaban J connectivity index is 1.44. The van der Waals surface area contributed by atoms with Gasteiger partial charge in [-0.3, -0.25) is 14.7 Å². The van der Waals surface area contributed by atoms with Crippen molar-refractivity contribution in [2.75, 3.05) is 31.1 Å². The maximum atomic E-state index is 14.0. The van der Waals surface area contributed by atoms with Crippen molar-refractivity contribution in [2.24, 2.45) is 0 Å². The molecule has 1 aliphatic carbocycles. The van der Waals surface area contributed by atoms with E-state index in [4.69, 9.17) is 16.6 Å². The minimum absolute atomic E-state index is 0.00488. The van der Waals surface area contributed by atoms with Crippen LogP contribution in [0.25, 0.3) is 0 Å². The molecule has 0 radical (unpaired) electrons. The Bertz CT molecular complexity index is 841. The highest BCUT2D eigenvalue weighted by Crippen LogP contribution is 2.22. The number of piperazine rings is 1. The number of rotatable bonds is 3. The van der Waals surface area contributed by atoms with E-state index in [1.54, 1.807) is 12.1 Å². The molecule has 2 aliphatic rings. The van der Waals surface area contributed by atoms with Gasteiger partial charge in [0, 0.05) is 48.9 Å². The zero-order valence-electron chi connectivity index (χ0n) is 14.6. The summed E-state index contributed by atoms with van der Waals surface area (Å²) >= 11 is 6.13. The topological polar surface area (TPSA) is 52.2 Å². The Morgan fingerprint density at radius 1 is 1.15 bits per heavy atom. The smallest absolute Gasteiger partial charge is 0.255 e. The molecule has 5 nitrogen and oxygen atoms in total. The molecule has 7 heteroatoms. The summed E-state index contributed by atoms with van der Waals surface area (Å²) in [5.41, 5.74) is 2.36. The third-order valence-electron chi connectivity index (χ3n) is 5.29. The fourth-order valence-corrected chi connectivity index (χ4v) is 3.99. The number of anilines is 1. The van der Waals surface area contributed by atoms with E-state index in [0.717, 1.165) is 63.1 Å². The fourth-order valence-electron chi connectivity index (χ4n) is 3.76. The number of benzene rings is 1. The van der Waals surface area contributed by atoms with Gasteiger partial charge >= 0.3 is 0 Å². The first kappa shape index (κ1) is 17.5. The van der Waals surface area contributed by atoms with E-state index in [9.17, 15) is 9.18 Å². The number of aromatic amines is 1. The summed E-state index contributed by atoms with van der Waals surface area (Å²) in [4.78, 5) is 24.3. The normalized spacial score (nSPS) is 18.0. The Morgan fingerprint density at radius 3 is 2.69 bits per heavy atom. The Morgan fingerprint density at radius 2 is 1.92 bits per heavy atom. The van der Waals surface area contributed by atoms with Gasteiger partial charge in [0.2, 0.25) is 5.95 Å².